The van der Waals surface area contributed by atoms with Crippen LogP contribution in [0.4, 0.5) is 0 Å². The fourth-order valence-electron chi connectivity index (χ4n) is 3.86. The van der Waals surface area contributed by atoms with E-state index >= 15 is 0 Å². The van der Waals surface area contributed by atoms with Crippen LogP contribution in [0.15, 0.2) is 48.5 Å². The maximum atomic E-state index is 12.6. The van der Waals surface area contributed by atoms with Gasteiger partial charge in [-0.1, -0.05) is 36.4 Å². The number of carbonyl (C=O) groups is 2. The highest BCUT2D eigenvalue weighted by Gasteiger charge is 2.36. The summed E-state index contributed by atoms with van der Waals surface area (Å²) in [6.45, 7) is 1.64. The number of amides is 2. The van der Waals surface area contributed by atoms with Gasteiger partial charge in [-0.25, -0.2) is 0 Å². The van der Waals surface area contributed by atoms with Crippen LogP contribution in [0.1, 0.15) is 18.4 Å². The first-order valence-corrected chi connectivity index (χ1v) is 9.94. The Bertz CT molecular complexity index is 858. The molecular formula is C23H26N2O3. The van der Waals surface area contributed by atoms with E-state index in [1.807, 2.05) is 41.3 Å². The second-order valence-electron chi connectivity index (χ2n) is 7.64. The molecule has 2 fully saturated rings. The van der Waals surface area contributed by atoms with E-state index in [2.05, 4.69) is 17.4 Å². The van der Waals surface area contributed by atoms with Gasteiger partial charge < -0.3 is 15.0 Å². The number of hydrogen-bond acceptors (Lipinski definition) is 3. The van der Waals surface area contributed by atoms with Crippen LogP contribution in [0.3, 0.4) is 0 Å². The van der Waals surface area contributed by atoms with Crippen LogP contribution in [-0.4, -0.2) is 43.5 Å². The molecule has 2 amide bonds. The molecule has 1 aliphatic carbocycles. The first-order valence-electron chi connectivity index (χ1n) is 9.94. The first-order chi connectivity index (χ1) is 13.7. The number of nitrogens with one attached hydrogen (secondary N) is 1. The maximum absolute atomic E-state index is 12.6. The largest absolute Gasteiger partial charge is 0.497 e. The van der Waals surface area contributed by atoms with Gasteiger partial charge in [0.2, 0.25) is 11.8 Å². The van der Waals surface area contributed by atoms with E-state index in [9.17, 15) is 9.59 Å². The molecule has 1 N–H and O–H groups in total. The number of nitrogens with zero attached hydrogens (tertiary/aromatic N) is 1. The molecule has 1 heterocycles. The van der Waals surface area contributed by atoms with Crippen molar-refractivity contribution in [2.24, 2.45) is 11.8 Å². The highest BCUT2D eigenvalue weighted by atomic mass is 16.5. The van der Waals surface area contributed by atoms with Crippen LogP contribution in [0.25, 0.3) is 11.1 Å². The van der Waals surface area contributed by atoms with Crippen LogP contribution in [0, 0.1) is 11.8 Å². The Kier molecular flexibility index (Phi) is 5.33. The summed E-state index contributed by atoms with van der Waals surface area (Å²) in [5.41, 5.74) is 3.33. The molecule has 28 heavy (non-hydrogen) atoms. The summed E-state index contributed by atoms with van der Waals surface area (Å²) in [7, 11) is 1.66. The van der Waals surface area contributed by atoms with Crippen molar-refractivity contribution in [2.45, 2.75) is 19.3 Å². The molecule has 1 saturated carbocycles. The summed E-state index contributed by atoms with van der Waals surface area (Å²) in [6, 6.07) is 16.1. The predicted molar refractivity (Wildman–Crippen MR) is 108 cm³/mol. The molecule has 5 nitrogen and oxygen atoms in total. The average Bonchev–Trinajstić information content (AvgIpc) is 3.58. The number of carbonyl (C=O) groups excluding carboxylic acids is 2. The van der Waals surface area contributed by atoms with Crippen molar-refractivity contribution < 1.29 is 14.3 Å². The molecule has 0 unspecified atom stereocenters. The highest BCUT2D eigenvalue weighted by molar-refractivity contribution is 5.84. The third kappa shape index (κ3) is 4.03. The van der Waals surface area contributed by atoms with Crippen LogP contribution < -0.4 is 10.1 Å². The van der Waals surface area contributed by atoms with E-state index < -0.39 is 0 Å². The molecule has 0 aromatic heterocycles. The Hall–Kier alpha value is -2.82. The molecule has 2 aromatic carbocycles. The molecule has 5 heteroatoms. The molecule has 1 atom stereocenters. The van der Waals surface area contributed by atoms with E-state index in [1.165, 1.54) is 0 Å². The zero-order valence-corrected chi connectivity index (χ0v) is 16.2. The number of hydrogen-bond donors (Lipinski definition) is 1. The Balaban J connectivity index is 1.56. The quantitative estimate of drug-likeness (QED) is 0.870. The van der Waals surface area contributed by atoms with Gasteiger partial charge in [0.05, 0.1) is 13.0 Å². The van der Waals surface area contributed by atoms with Crippen molar-refractivity contribution in [2.75, 3.05) is 26.7 Å². The second kappa shape index (κ2) is 8.05. The van der Waals surface area contributed by atoms with E-state index in [-0.39, 0.29) is 23.7 Å². The normalized spacial score (nSPS) is 19.7. The van der Waals surface area contributed by atoms with E-state index in [0.29, 0.717) is 26.1 Å². The fraction of sp³-hybridized carbons (Fsp3) is 0.391. The lowest BCUT2D eigenvalue weighted by atomic mass is 9.91. The molecule has 1 saturated heterocycles. The molecule has 2 aromatic rings. The van der Waals surface area contributed by atoms with Gasteiger partial charge in [0, 0.05) is 25.6 Å². The van der Waals surface area contributed by atoms with Crippen LogP contribution >= 0.6 is 0 Å². The first kappa shape index (κ1) is 18.5. The summed E-state index contributed by atoms with van der Waals surface area (Å²) in [4.78, 5) is 27.1. The van der Waals surface area contributed by atoms with Gasteiger partial charge in [0.1, 0.15) is 5.75 Å². The third-order valence-corrected chi connectivity index (χ3v) is 5.62. The number of ether oxygens (including phenoxy) is 1. The van der Waals surface area contributed by atoms with Crippen molar-refractivity contribution >= 4 is 11.8 Å². The van der Waals surface area contributed by atoms with Gasteiger partial charge in [0.15, 0.2) is 0 Å². The van der Waals surface area contributed by atoms with Gasteiger partial charge in [-0.05, 0) is 48.1 Å². The summed E-state index contributed by atoms with van der Waals surface area (Å²) in [5, 5.41) is 2.98. The topological polar surface area (TPSA) is 58.6 Å². The highest BCUT2D eigenvalue weighted by Crippen LogP contribution is 2.32. The lowest BCUT2D eigenvalue weighted by Crippen LogP contribution is -2.38. The minimum absolute atomic E-state index is 0.0376. The van der Waals surface area contributed by atoms with Crippen molar-refractivity contribution in [3.05, 3.63) is 54.1 Å². The van der Waals surface area contributed by atoms with Gasteiger partial charge in [-0.2, -0.15) is 0 Å². The van der Waals surface area contributed by atoms with Crippen molar-refractivity contribution in [1.82, 2.24) is 10.2 Å². The molecular weight excluding hydrogens is 352 g/mol. The van der Waals surface area contributed by atoms with Crippen LogP contribution in [0.5, 0.6) is 5.75 Å². The van der Waals surface area contributed by atoms with E-state index in [4.69, 9.17) is 4.74 Å². The predicted octanol–water partition coefficient (Wildman–Crippen LogP) is 2.89. The molecule has 1 aliphatic heterocycles. The van der Waals surface area contributed by atoms with Gasteiger partial charge in [-0.15, -0.1) is 0 Å². The number of benzene rings is 2. The van der Waals surface area contributed by atoms with Crippen molar-refractivity contribution in [3.8, 4) is 16.9 Å². The lowest BCUT2D eigenvalue weighted by molar-refractivity contribution is -0.133. The molecule has 0 bridgehead atoms. The Morgan fingerprint density at radius 1 is 1.14 bits per heavy atom. The summed E-state index contributed by atoms with van der Waals surface area (Å²) >= 11 is 0. The number of rotatable bonds is 5. The molecule has 2 aliphatic rings. The fourth-order valence-corrected chi connectivity index (χ4v) is 3.86. The van der Waals surface area contributed by atoms with E-state index in [0.717, 1.165) is 35.3 Å². The Morgan fingerprint density at radius 2 is 1.89 bits per heavy atom. The molecule has 0 spiro atoms. The summed E-state index contributed by atoms with van der Waals surface area (Å²) in [5.74, 6) is 1.02. The van der Waals surface area contributed by atoms with Gasteiger partial charge >= 0.3 is 0 Å². The van der Waals surface area contributed by atoms with Crippen LogP contribution in [0.2, 0.25) is 0 Å². The lowest BCUT2D eigenvalue weighted by Gasteiger charge is -2.24. The van der Waals surface area contributed by atoms with E-state index in [1.54, 1.807) is 7.11 Å². The second-order valence-corrected chi connectivity index (χ2v) is 7.64. The average molecular weight is 378 g/mol. The van der Waals surface area contributed by atoms with Crippen LogP contribution in [-0.2, 0) is 16.0 Å². The minimum Gasteiger partial charge on any atom is -0.497 e. The Morgan fingerprint density at radius 3 is 2.61 bits per heavy atom. The monoisotopic (exact) mass is 378 g/mol. The minimum atomic E-state index is -0.232. The summed E-state index contributed by atoms with van der Waals surface area (Å²) < 4.78 is 5.25. The SMILES string of the molecule is COc1ccc(-c2ccccc2C[C@H]2CN(C(=O)C3CC3)CCNC2=O)cc1. The van der Waals surface area contributed by atoms with Gasteiger partial charge in [-0.3, -0.25) is 9.59 Å². The Labute approximate surface area is 165 Å². The van der Waals surface area contributed by atoms with Crippen molar-refractivity contribution in [3.63, 3.8) is 0 Å². The van der Waals surface area contributed by atoms with Crippen molar-refractivity contribution in [1.29, 1.82) is 0 Å². The zero-order valence-electron chi connectivity index (χ0n) is 16.2. The molecule has 4 rings (SSSR count). The standard InChI is InChI=1S/C23H26N2O3/c1-28-20-10-8-16(9-11-20)21-5-3-2-4-18(21)14-19-15-25(13-12-24-22(19)26)23(27)17-6-7-17/h2-5,8-11,17,19H,6-7,12-15H2,1H3,(H,24,26)/t19-/m0/s1. The smallest absolute Gasteiger partial charge is 0.225 e. The number of methoxy groups -OCH3 is 1. The third-order valence-electron chi connectivity index (χ3n) is 5.62. The molecule has 146 valence electrons. The van der Waals surface area contributed by atoms with Gasteiger partial charge in [0.25, 0.3) is 0 Å². The maximum Gasteiger partial charge on any atom is 0.225 e. The zero-order chi connectivity index (χ0) is 19.5. The summed E-state index contributed by atoms with van der Waals surface area (Å²) in [6.07, 6.45) is 2.59. The molecule has 0 radical (unpaired) electrons.